The molecule has 0 saturated heterocycles. The molecule has 0 bridgehead atoms. The standard InChI is InChI=1S/C16H26N2S/c1-6-17-16(19)18-15(12(4)5)14-9-7-13(8-10-14)11(2)3/h7-12,15H,6H2,1-5H3,(H2,17,18,19)/t15-/m0/s1. The van der Waals surface area contributed by atoms with E-state index in [9.17, 15) is 0 Å². The van der Waals surface area contributed by atoms with Crippen LogP contribution in [0.15, 0.2) is 24.3 Å². The van der Waals surface area contributed by atoms with Crippen LogP contribution in [-0.4, -0.2) is 11.7 Å². The largest absolute Gasteiger partial charge is 0.363 e. The fourth-order valence-electron chi connectivity index (χ4n) is 2.08. The van der Waals surface area contributed by atoms with Crippen LogP contribution in [0.3, 0.4) is 0 Å². The van der Waals surface area contributed by atoms with Gasteiger partial charge in [-0.1, -0.05) is 52.0 Å². The Balaban J connectivity index is 2.84. The summed E-state index contributed by atoms with van der Waals surface area (Å²) in [7, 11) is 0. The maximum absolute atomic E-state index is 5.29. The summed E-state index contributed by atoms with van der Waals surface area (Å²) < 4.78 is 0. The number of benzene rings is 1. The van der Waals surface area contributed by atoms with E-state index in [1.165, 1.54) is 11.1 Å². The Labute approximate surface area is 123 Å². The number of hydrogen-bond donors (Lipinski definition) is 2. The first kappa shape index (κ1) is 16.0. The van der Waals surface area contributed by atoms with E-state index in [4.69, 9.17) is 12.2 Å². The second-order valence-corrected chi connectivity index (χ2v) is 5.96. The van der Waals surface area contributed by atoms with Crippen molar-refractivity contribution >= 4 is 17.3 Å². The molecule has 0 heterocycles. The van der Waals surface area contributed by atoms with Crippen molar-refractivity contribution in [1.82, 2.24) is 10.6 Å². The highest BCUT2D eigenvalue weighted by atomic mass is 32.1. The zero-order chi connectivity index (χ0) is 14.4. The third-order valence-corrected chi connectivity index (χ3v) is 3.52. The fraction of sp³-hybridized carbons (Fsp3) is 0.562. The van der Waals surface area contributed by atoms with Gasteiger partial charge in [-0.15, -0.1) is 0 Å². The maximum atomic E-state index is 5.29. The average Bonchev–Trinajstić information content (AvgIpc) is 2.36. The summed E-state index contributed by atoms with van der Waals surface area (Å²) in [5.74, 6) is 1.06. The average molecular weight is 278 g/mol. The minimum absolute atomic E-state index is 0.257. The van der Waals surface area contributed by atoms with Crippen LogP contribution in [0.1, 0.15) is 57.7 Å². The summed E-state index contributed by atoms with van der Waals surface area (Å²) in [4.78, 5) is 0. The van der Waals surface area contributed by atoms with E-state index in [0.29, 0.717) is 11.8 Å². The zero-order valence-corrected chi connectivity index (χ0v) is 13.5. The molecule has 0 aliphatic heterocycles. The zero-order valence-electron chi connectivity index (χ0n) is 12.7. The SMILES string of the molecule is CCNC(=S)N[C@H](c1ccc(C(C)C)cc1)C(C)C. The lowest BCUT2D eigenvalue weighted by molar-refractivity contribution is 0.469. The molecule has 2 N–H and O–H groups in total. The number of thiocarbonyl (C=S) groups is 1. The van der Waals surface area contributed by atoms with Crippen molar-refractivity contribution in [3.05, 3.63) is 35.4 Å². The van der Waals surface area contributed by atoms with Crippen molar-refractivity contribution in [1.29, 1.82) is 0 Å². The first-order valence-electron chi connectivity index (χ1n) is 7.09. The quantitative estimate of drug-likeness (QED) is 0.796. The summed E-state index contributed by atoms with van der Waals surface area (Å²) >= 11 is 5.29. The molecule has 1 aromatic rings. The third-order valence-electron chi connectivity index (χ3n) is 3.25. The van der Waals surface area contributed by atoms with Crippen LogP contribution in [0.5, 0.6) is 0 Å². The van der Waals surface area contributed by atoms with Crippen molar-refractivity contribution in [2.75, 3.05) is 6.54 Å². The van der Waals surface area contributed by atoms with Gasteiger partial charge in [-0.3, -0.25) is 0 Å². The Morgan fingerprint density at radius 2 is 1.58 bits per heavy atom. The molecule has 3 heteroatoms. The van der Waals surface area contributed by atoms with Gasteiger partial charge in [0, 0.05) is 6.54 Å². The molecule has 19 heavy (non-hydrogen) atoms. The van der Waals surface area contributed by atoms with Gasteiger partial charge >= 0.3 is 0 Å². The van der Waals surface area contributed by atoms with Gasteiger partial charge in [-0.25, -0.2) is 0 Å². The van der Waals surface area contributed by atoms with Crippen molar-refractivity contribution in [2.24, 2.45) is 5.92 Å². The van der Waals surface area contributed by atoms with Crippen LogP contribution in [0, 0.1) is 5.92 Å². The molecule has 0 spiro atoms. The molecule has 1 aromatic carbocycles. The van der Waals surface area contributed by atoms with Crippen molar-refractivity contribution in [3.8, 4) is 0 Å². The van der Waals surface area contributed by atoms with Gasteiger partial charge in [0.15, 0.2) is 5.11 Å². The van der Waals surface area contributed by atoms with Crippen molar-refractivity contribution in [3.63, 3.8) is 0 Å². The molecule has 0 aliphatic rings. The lowest BCUT2D eigenvalue weighted by Crippen LogP contribution is -2.39. The lowest BCUT2D eigenvalue weighted by Gasteiger charge is -2.25. The van der Waals surface area contributed by atoms with Crippen LogP contribution in [0.2, 0.25) is 0 Å². The topological polar surface area (TPSA) is 24.1 Å². The minimum atomic E-state index is 0.257. The molecule has 106 valence electrons. The molecular formula is C16H26N2S. The Morgan fingerprint density at radius 3 is 2.00 bits per heavy atom. The normalized spacial score (nSPS) is 12.6. The minimum Gasteiger partial charge on any atom is -0.363 e. The van der Waals surface area contributed by atoms with Crippen LogP contribution < -0.4 is 10.6 Å². The number of rotatable bonds is 5. The molecule has 0 unspecified atom stereocenters. The van der Waals surface area contributed by atoms with Crippen molar-refractivity contribution in [2.45, 2.75) is 46.6 Å². The van der Waals surface area contributed by atoms with E-state index in [1.54, 1.807) is 0 Å². The smallest absolute Gasteiger partial charge is 0.166 e. The highest BCUT2D eigenvalue weighted by Gasteiger charge is 2.16. The van der Waals surface area contributed by atoms with Crippen LogP contribution in [0.4, 0.5) is 0 Å². The van der Waals surface area contributed by atoms with Gasteiger partial charge in [0.05, 0.1) is 6.04 Å². The summed E-state index contributed by atoms with van der Waals surface area (Å²) in [5.41, 5.74) is 2.67. The second kappa shape index (κ2) is 7.49. The number of nitrogens with one attached hydrogen (secondary N) is 2. The van der Waals surface area contributed by atoms with Crippen molar-refractivity contribution < 1.29 is 0 Å². The van der Waals surface area contributed by atoms with Gasteiger partial charge in [-0.05, 0) is 42.1 Å². The van der Waals surface area contributed by atoms with Crippen LogP contribution in [-0.2, 0) is 0 Å². The predicted molar refractivity (Wildman–Crippen MR) is 87.5 cm³/mol. The van der Waals surface area contributed by atoms with Gasteiger partial charge in [0.25, 0.3) is 0 Å². The van der Waals surface area contributed by atoms with E-state index in [-0.39, 0.29) is 6.04 Å². The molecule has 0 radical (unpaired) electrons. The van der Waals surface area contributed by atoms with Gasteiger partial charge in [0.1, 0.15) is 0 Å². The molecule has 0 amide bonds. The Kier molecular flexibility index (Phi) is 6.29. The van der Waals surface area contributed by atoms with E-state index >= 15 is 0 Å². The van der Waals surface area contributed by atoms with Gasteiger partial charge in [0.2, 0.25) is 0 Å². The Hall–Kier alpha value is -1.09. The van der Waals surface area contributed by atoms with Crippen LogP contribution >= 0.6 is 12.2 Å². The summed E-state index contributed by atoms with van der Waals surface area (Å²) in [5, 5.41) is 7.28. The highest BCUT2D eigenvalue weighted by Crippen LogP contribution is 2.23. The number of hydrogen-bond acceptors (Lipinski definition) is 1. The Morgan fingerprint density at radius 1 is 1.05 bits per heavy atom. The van der Waals surface area contributed by atoms with Gasteiger partial charge in [-0.2, -0.15) is 0 Å². The molecular weight excluding hydrogens is 252 g/mol. The molecule has 0 aromatic heterocycles. The van der Waals surface area contributed by atoms with Crippen LogP contribution in [0.25, 0.3) is 0 Å². The highest BCUT2D eigenvalue weighted by molar-refractivity contribution is 7.80. The first-order chi connectivity index (χ1) is 8.95. The van der Waals surface area contributed by atoms with E-state index in [2.05, 4.69) is 69.5 Å². The Bertz CT molecular complexity index is 396. The summed E-state index contributed by atoms with van der Waals surface area (Å²) in [6.45, 7) is 11.8. The fourth-order valence-corrected chi connectivity index (χ4v) is 2.35. The molecule has 2 nitrogen and oxygen atoms in total. The molecule has 0 aliphatic carbocycles. The van der Waals surface area contributed by atoms with E-state index in [0.717, 1.165) is 11.7 Å². The van der Waals surface area contributed by atoms with E-state index in [1.807, 2.05) is 0 Å². The second-order valence-electron chi connectivity index (χ2n) is 5.55. The monoisotopic (exact) mass is 278 g/mol. The van der Waals surface area contributed by atoms with E-state index < -0.39 is 0 Å². The molecule has 0 fully saturated rings. The molecule has 1 rings (SSSR count). The molecule has 0 saturated carbocycles. The van der Waals surface area contributed by atoms with Gasteiger partial charge < -0.3 is 10.6 Å². The maximum Gasteiger partial charge on any atom is 0.166 e. The lowest BCUT2D eigenvalue weighted by atomic mass is 9.93. The first-order valence-corrected chi connectivity index (χ1v) is 7.50. The summed E-state index contributed by atoms with van der Waals surface area (Å²) in [6, 6.07) is 9.11. The predicted octanol–water partition coefficient (Wildman–Crippen LogP) is 3.99. The molecule has 1 atom stereocenters. The summed E-state index contributed by atoms with van der Waals surface area (Å²) in [6.07, 6.45) is 0. The third kappa shape index (κ3) is 4.83.